The third-order valence-electron chi connectivity index (χ3n) is 1.82. The molecular formula is C9H19N3O2S. The van der Waals surface area contributed by atoms with Crippen molar-refractivity contribution < 1.29 is 9.53 Å². The van der Waals surface area contributed by atoms with Gasteiger partial charge in [0.1, 0.15) is 0 Å². The van der Waals surface area contributed by atoms with Crippen LogP contribution in [0.15, 0.2) is 0 Å². The molecule has 0 atom stereocenters. The number of hydrogen-bond acceptors (Lipinski definition) is 4. The highest BCUT2D eigenvalue weighted by Crippen LogP contribution is 1.87. The number of likely N-dealkylation sites (N-methyl/N-ethyl adjacent to an activating group) is 1. The van der Waals surface area contributed by atoms with E-state index in [-0.39, 0.29) is 5.91 Å². The number of methoxy groups -OCH3 is 1. The first-order valence-corrected chi connectivity index (χ1v) is 5.27. The Bertz CT molecular complexity index is 212. The van der Waals surface area contributed by atoms with E-state index in [2.05, 4.69) is 5.32 Å². The van der Waals surface area contributed by atoms with Crippen LogP contribution in [0.2, 0.25) is 0 Å². The molecule has 1 amide bonds. The zero-order chi connectivity index (χ0) is 11.7. The Morgan fingerprint density at radius 1 is 1.53 bits per heavy atom. The SMILES string of the molecule is CCN(CC(=O)NCCOC)CC(N)=S. The lowest BCUT2D eigenvalue weighted by molar-refractivity contribution is -0.122. The van der Waals surface area contributed by atoms with E-state index in [1.54, 1.807) is 7.11 Å². The number of hydrogen-bond donors (Lipinski definition) is 2. The van der Waals surface area contributed by atoms with Crippen molar-refractivity contribution in [2.24, 2.45) is 5.73 Å². The Kier molecular flexibility index (Phi) is 8.17. The fourth-order valence-corrected chi connectivity index (χ4v) is 1.23. The fourth-order valence-electron chi connectivity index (χ4n) is 1.05. The first-order chi connectivity index (χ1) is 7.10. The van der Waals surface area contributed by atoms with Crippen molar-refractivity contribution in [1.82, 2.24) is 10.2 Å². The van der Waals surface area contributed by atoms with Crippen LogP contribution in [0.5, 0.6) is 0 Å². The van der Waals surface area contributed by atoms with Crippen molar-refractivity contribution in [1.29, 1.82) is 0 Å². The molecule has 0 saturated heterocycles. The van der Waals surface area contributed by atoms with Crippen LogP contribution in [0.1, 0.15) is 6.92 Å². The number of nitrogens with two attached hydrogens (primary N) is 1. The summed E-state index contributed by atoms with van der Waals surface area (Å²) in [6.45, 7) is 4.55. The Labute approximate surface area is 95.9 Å². The number of nitrogens with zero attached hydrogens (tertiary/aromatic N) is 1. The van der Waals surface area contributed by atoms with Crippen LogP contribution < -0.4 is 11.1 Å². The van der Waals surface area contributed by atoms with Crippen LogP contribution in [-0.2, 0) is 9.53 Å². The third-order valence-corrected chi connectivity index (χ3v) is 1.95. The highest BCUT2D eigenvalue weighted by molar-refractivity contribution is 7.80. The van der Waals surface area contributed by atoms with Gasteiger partial charge in [-0.1, -0.05) is 19.1 Å². The van der Waals surface area contributed by atoms with Gasteiger partial charge in [-0.15, -0.1) is 0 Å². The minimum Gasteiger partial charge on any atom is -0.392 e. The molecule has 0 aliphatic carbocycles. The van der Waals surface area contributed by atoms with Gasteiger partial charge in [0.25, 0.3) is 0 Å². The van der Waals surface area contributed by atoms with Crippen LogP contribution in [0.3, 0.4) is 0 Å². The number of carbonyl (C=O) groups is 1. The third kappa shape index (κ3) is 8.29. The van der Waals surface area contributed by atoms with Crippen molar-refractivity contribution in [2.75, 3.05) is 39.9 Å². The van der Waals surface area contributed by atoms with Gasteiger partial charge in [0.05, 0.1) is 18.1 Å². The van der Waals surface area contributed by atoms with Gasteiger partial charge < -0.3 is 15.8 Å². The number of amides is 1. The molecule has 0 aromatic rings. The molecule has 0 fully saturated rings. The van der Waals surface area contributed by atoms with E-state index in [1.165, 1.54) is 0 Å². The Hall–Kier alpha value is -0.720. The van der Waals surface area contributed by atoms with Gasteiger partial charge in [0, 0.05) is 20.2 Å². The first kappa shape index (κ1) is 14.3. The fraction of sp³-hybridized carbons (Fsp3) is 0.778. The second-order valence-electron chi connectivity index (χ2n) is 3.11. The Morgan fingerprint density at radius 3 is 2.67 bits per heavy atom. The smallest absolute Gasteiger partial charge is 0.234 e. The second-order valence-corrected chi connectivity index (χ2v) is 3.64. The normalized spacial score (nSPS) is 10.3. The molecule has 15 heavy (non-hydrogen) atoms. The van der Waals surface area contributed by atoms with Crippen LogP contribution in [0.25, 0.3) is 0 Å². The topological polar surface area (TPSA) is 67.6 Å². The summed E-state index contributed by atoms with van der Waals surface area (Å²) in [7, 11) is 1.59. The molecule has 0 aromatic carbocycles. The van der Waals surface area contributed by atoms with Crippen LogP contribution in [0, 0.1) is 0 Å². The minimum atomic E-state index is -0.0369. The lowest BCUT2D eigenvalue weighted by Gasteiger charge is -2.18. The average molecular weight is 233 g/mol. The minimum absolute atomic E-state index is 0.0369. The van der Waals surface area contributed by atoms with Gasteiger partial charge in [-0.2, -0.15) is 0 Å². The second kappa shape index (κ2) is 8.58. The molecule has 0 rings (SSSR count). The molecule has 0 unspecified atom stereocenters. The summed E-state index contributed by atoms with van der Waals surface area (Å²) in [5, 5.41) is 2.73. The van der Waals surface area contributed by atoms with E-state index in [1.807, 2.05) is 11.8 Å². The molecule has 6 heteroatoms. The van der Waals surface area contributed by atoms with Crippen LogP contribution >= 0.6 is 12.2 Å². The van der Waals surface area contributed by atoms with Crippen molar-refractivity contribution in [3.8, 4) is 0 Å². The van der Waals surface area contributed by atoms with Crippen LogP contribution in [-0.4, -0.2) is 55.7 Å². The molecule has 0 radical (unpaired) electrons. The highest BCUT2D eigenvalue weighted by Gasteiger charge is 2.08. The van der Waals surface area contributed by atoms with E-state index >= 15 is 0 Å². The van der Waals surface area contributed by atoms with Gasteiger partial charge in [-0.05, 0) is 6.54 Å². The van der Waals surface area contributed by atoms with Crippen molar-refractivity contribution in [3.05, 3.63) is 0 Å². The molecule has 0 bridgehead atoms. The van der Waals surface area contributed by atoms with E-state index in [9.17, 15) is 4.79 Å². The Balaban J connectivity index is 3.75. The molecule has 0 aromatic heterocycles. The number of ether oxygens (including phenoxy) is 1. The van der Waals surface area contributed by atoms with Gasteiger partial charge in [-0.25, -0.2) is 0 Å². The molecule has 0 aliphatic rings. The predicted molar refractivity (Wildman–Crippen MR) is 63.8 cm³/mol. The monoisotopic (exact) mass is 233 g/mol. The van der Waals surface area contributed by atoms with Gasteiger partial charge in [0.2, 0.25) is 5.91 Å². The zero-order valence-corrected chi connectivity index (χ0v) is 10.1. The van der Waals surface area contributed by atoms with Crippen molar-refractivity contribution in [3.63, 3.8) is 0 Å². The van der Waals surface area contributed by atoms with Gasteiger partial charge in [-0.3, -0.25) is 9.69 Å². The summed E-state index contributed by atoms with van der Waals surface area (Å²) >= 11 is 4.78. The lowest BCUT2D eigenvalue weighted by atomic mass is 10.4. The maximum absolute atomic E-state index is 11.4. The van der Waals surface area contributed by atoms with Crippen LogP contribution in [0.4, 0.5) is 0 Å². The zero-order valence-electron chi connectivity index (χ0n) is 9.28. The molecule has 0 aliphatic heterocycles. The summed E-state index contributed by atoms with van der Waals surface area (Å²) in [4.78, 5) is 13.7. The van der Waals surface area contributed by atoms with E-state index in [0.29, 0.717) is 31.2 Å². The molecule has 5 nitrogen and oxygen atoms in total. The number of thiocarbonyl (C=S) groups is 1. The summed E-state index contributed by atoms with van der Waals surface area (Å²) in [6, 6.07) is 0. The Morgan fingerprint density at radius 2 is 2.20 bits per heavy atom. The largest absolute Gasteiger partial charge is 0.392 e. The van der Waals surface area contributed by atoms with Crippen molar-refractivity contribution in [2.45, 2.75) is 6.92 Å². The van der Waals surface area contributed by atoms with Crippen molar-refractivity contribution >= 4 is 23.1 Å². The summed E-state index contributed by atoms with van der Waals surface area (Å²) < 4.78 is 4.82. The maximum atomic E-state index is 11.4. The van der Waals surface area contributed by atoms with Gasteiger partial charge >= 0.3 is 0 Å². The van der Waals surface area contributed by atoms with Gasteiger partial charge in [0.15, 0.2) is 0 Å². The molecule has 3 N–H and O–H groups in total. The number of nitrogens with one attached hydrogen (secondary N) is 1. The molecule has 0 heterocycles. The summed E-state index contributed by atoms with van der Waals surface area (Å²) in [5.74, 6) is -0.0369. The number of carbonyl (C=O) groups excluding carboxylic acids is 1. The predicted octanol–water partition coefficient (Wildman–Crippen LogP) is -0.643. The summed E-state index contributed by atoms with van der Waals surface area (Å²) in [5.41, 5.74) is 5.40. The first-order valence-electron chi connectivity index (χ1n) is 4.86. The lowest BCUT2D eigenvalue weighted by Crippen LogP contribution is -2.41. The highest BCUT2D eigenvalue weighted by atomic mass is 32.1. The summed E-state index contributed by atoms with van der Waals surface area (Å²) in [6.07, 6.45) is 0. The average Bonchev–Trinajstić information content (AvgIpc) is 2.16. The molecule has 88 valence electrons. The number of rotatable bonds is 8. The molecule has 0 spiro atoms. The maximum Gasteiger partial charge on any atom is 0.234 e. The van der Waals surface area contributed by atoms with E-state index in [4.69, 9.17) is 22.7 Å². The van der Waals surface area contributed by atoms with E-state index in [0.717, 1.165) is 6.54 Å². The quantitative estimate of drug-likeness (QED) is 0.431. The standard InChI is InChI=1S/C9H19N3O2S/c1-3-12(6-8(10)15)7-9(13)11-4-5-14-2/h3-7H2,1-2H3,(H2,10,15)(H,11,13). The molecular weight excluding hydrogens is 214 g/mol. The molecule has 0 saturated carbocycles. The van der Waals surface area contributed by atoms with E-state index < -0.39 is 0 Å².